The van der Waals surface area contributed by atoms with Crippen LogP contribution in [0.5, 0.6) is 5.88 Å². The minimum absolute atomic E-state index is 0.0225. The van der Waals surface area contributed by atoms with Gasteiger partial charge in [-0.2, -0.15) is 14.7 Å². The predicted octanol–water partition coefficient (Wildman–Crippen LogP) is 1.20. The number of fused-ring (bicyclic) bond motifs is 1. The van der Waals surface area contributed by atoms with E-state index < -0.39 is 0 Å². The minimum atomic E-state index is -0.0792. The summed E-state index contributed by atoms with van der Waals surface area (Å²) >= 11 is 0. The average molecular weight is 285 g/mol. The SMILES string of the molecule is COc1ccc(C2=NNC(=O)CC2C)c2cc(C=N)nn12. The Morgan fingerprint density at radius 3 is 3.00 bits per heavy atom. The molecule has 2 N–H and O–H groups in total. The molecule has 3 rings (SSSR count). The van der Waals surface area contributed by atoms with Gasteiger partial charge < -0.3 is 10.1 Å². The van der Waals surface area contributed by atoms with Crippen molar-refractivity contribution in [2.75, 3.05) is 7.11 Å². The highest BCUT2D eigenvalue weighted by atomic mass is 16.5. The summed E-state index contributed by atoms with van der Waals surface area (Å²) in [7, 11) is 1.57. The van der Waals surface area contributed by atoms with Crippen molar-refractivity contribution in [2.24, 2.45) is 11.0 Å². The van der Waals surface area contributed by atoms with E-state index in [2.05, 4.69) is 15.6 Å². The molecular formula is C14H15N5O2. The molecule has 1 aliphatic heterocycles. The van der Waals surface area contributed by atoms with Gasteiger partial charge in [0, 0.05) is 30.2 Å². The largest absolute Gasteiger partial charge is 0.481 e. The number of carbonyl (C=O) groups excluding carboxylic acids is 1. The maximum Gasteiger partial charge on any atom is 0.240 e. The molecule has 0 aliphatic carbocycles. The van der Waals surface area contributed by atoms with Gasteiger partial charge in [-0.1, -0.05) is 6.92 Å². The first-order chi connectivity index (χ1) is 10.1. The number of amides is 1. The minimum Gasteiger partial charge on any atom is -0.481 e. The lowest BCUT2D eigenvalue weighted by atomic mass is 9.94. The number of ether oxygens (including phenoxy) is 1. The summed E-state index contributed by atoms with van der Waals surface area (Å²) in [5.41, 5.74) is 5.54. The van der Waals surface area contributed by atoms with Crippen molar-refractivity contribution in [2.45, 2.75) is 13.3 Å². The lowest BCUT2D eigenvalue weighted by Gasteiger charge is -2.20. The molecule has 2 aromatic heterocycles. The fourth-order valence-electron chi connectivity index (χ4n) is 2.49. The van der Waals surface area contributed by atoms with E-state index in [1.807, 2.05) is 13.0 Å². The summed E-state index contributed by atoms with van der Waals surface area (Å²) in [5.74, 6) is 0.522. The van der Waals surface area contributed by atoms with Crippen molar-refractivity contribution in [3.05, 3.63) is 29.5 Å². The van der Waals surface area contributed by atoms with Gasteiger partial charge in [-0.25, -0.2) is 5.43 Å². The summed E-state index contributed by atoms with van der Waals surface area (Å²) in [6, 6.07) is 5.50. The Hall–Kier alpha value is -2.70. The van der Waals surface area contributed by atoms with Gasteiger partial charge in [0.1, 0.15) is 5.69 Å². The molecular weight excluding hydrogens is 270 g/mol. The molecule has 1 aliphatic rings. The molecule has 1 unspecified atom stereocenters. The fraction of sp³-hybridized carbons (Fsp3) is 0.286. The van der Waals surface area contributed by atoms with E-state index in [1.165, 1.54) is 6.21 Å². The first-order valence-electron chi connectivity index (χ1n) is 6.58. The summed E-state index contributed by atoms with van der Waals surface area (Å²) in [5, 5.41) is 15.8. The summed E-state index contributed by atoms with van der Waals surface area (Å²) < 4.78 is 6.93. The third-order valence-corrected chi connectivity index (χ3v) is 3.50. The standard InChI is InChI=1S/C14H15N5O2/c1-8-5-12(20)16-17-14(8)10-3-4-13(21-2)19-11(10)6-9(7-15)18-19/h3-4,6-8,15H,5H2,1-2H3,(H,16,20). The maximum atomic E-state index is 11.4. The molecule has 1 amide bonds. The molecule has 0 radical (unpaired) electrons. The smallest absolute Gasteiger partial charge is 0.240 e. The number of hydrogen-bond donors (Lipinski definition) is 2. The van der Waals surface area contributed by atoms with Gasteiger partial charge >= 0.3 is 0 Å². The van der Waals surface area contributed by atoms with Crippen LogP contribution in [0.3, 0.4) is 0 Å². The highest BCUT2D eigenvalue weighted by molar-refractivity contribution is 6.10. The van der Waals surface area contributed by atoms with E-state index in [1.54, 1.807) is 23.8 Å². The highest BCUT2D eigenvalue weighted by Crippen LogP contribution is 2.24. The first-order valence-corrected chi connectivity index (χ1v) is 6.58. The monoisotopic (exact) mass is 285 g/mol. The maximum absolute atomic E-state index is 11.4. The molecule has 0 fully saturated rings. The third kappa shape index (κ3) is 2.16. The second-order valence-electron chi connectivity index (χ2n) is 4.94. The zero-order chi connectivity index (χ0) is 15.0. The number of pyridine rings is 1. The Morgan fingerprint density at radius 1 is 1.52 bits per heavy atom. The number of carbonyl (C=O) groups is 1. The van der Waals surface area contributed by atoms with Crippen molar-refractivity contribution in [1.82, 2.24) is 15.0 Å². The molecule has 7 heteroatoms. The van der Waals surface area contributed by atoms with Crippen LogP contribution in [0.25, 0.3) is 5.52 Å². The quantitative estimate of drug-likeness (QED) is 0.830. The van der Waals surface area contributed by atoms with Gasteiger partial charge in [-0.3, -0.25) is 4.79 Å². The third-order valence-electron chi connectivity index (χ3n) is 3.50. The molecule has 7 nitrogen and oxygen atoms in total. The van der Waals surface area contributed by atoms with Crippen LogP contribution in [0, 0.1) is 11.3 Å². The summed E-state index contributed by atoms with van der Waals surface area (Å²) in [6.45, 7) is 1.96. The Balaban J connectivity index is 2.21. The first kappa shape index (κ1) is 13.3. The highest BCUT2D eigenvalue weighted by Gasteiger charge is 2.24. The lowest BCUT2D eigenvalue weighted by molar-refractivity contribution is -0.121. The summed E-state index contributed by atoms with van der Waals surface area (Å²) in [4.78, 5) is 11.4. The molecule has 21 heavy (non-hydrogen) atoms. The fourth-order valence-corrected chi connectivity index (χ4v) is 2.49. The number of rotatable bonds is 3. The van der Waals surface area contributed by atoms with E-state index in [0.29, 0.717) is 18.0 Å². The van der Waals surface area contributed by atoms with Crippen LogP contribution in [-0.4, -0.2) is 34.6 Å². The average Bonchev–Trinajstić information content (AvgIpc) is 2.91. The van der Waals surface area contributed by atoms with Crippen LogP contribution in [0.4, 0.5) is 0 Å². The predicted molar refractivity (Wildman–Crippen MR) is 78.1 cm³/mol. The van der Waals surface area contributed by atoms with Gasteiger partial charge in [-0.15, -0.1) is 0 Å². The number of aromatic nitrogens is 2. The van der Waals surface area contributed by atoms with Crippen molar-refractivity contribution >= 4 is 23.4 Å². The second-order valence-corrected chi connectivity index (χ2v) is 4.94. The van der Waals surface area contributed by atoms with Crippen molar-refractivity contribution in [1.29, 1.82) is 5.41 Å². The normalized spacial score (nSPS) is 18.3. The number of methoxy groups -OCH3 is 1. The topological polar surface area (TPSA) is 91.8 Å². The molecule has 0 aromatic carbocycles. The van der Waals surface area contributed by atoms with Crippen LogP contribution < -0.4 is 10.2 Å². The zero-order valence-corrected chi connectivity index (χ0v) is 11.8. The number of hydrazone groups is 1. The van der Waals surface area contributed by atoms with Crippen LogP contribution in [0.1, 0.15) is 24.6 Å². The van der Waals surface area contributed by atoms with Gasteiger partial charge in [0.05, 0.1) is 18.3 Å². The van der Waals surface area contributed by atoms with Gasteiger partial charge in [0.15, 0.2) is 0 Å². The van der Waals surface area contributed by atoms with Crippen LogP contribution in [0.15, 0.2) is 23.3 Å². The lowest BCUT2D eigenvalue weighted by Crippen LogP contribution is -2.32. The van der Waals surface area contributed by atoms with Gasteiger partial charge in [0.25, 0.3) is 0 Å². The van der Waals surface area contributed by atoms with Gasteiger partial charge in [-0.05, 0) is 12.1 Å². The molecule has 0 saturated heterocycles. The Bertz CT molecular complexity index is 762. The van der Waals surface area contributed by atoms with E-state index in [9.17, 15) is 4.79 Å². The molecule has 3 heterocycles. The van der Waals surface area contributed by atoms with E-state index >= 15 is 0 Å². The Morgan fingerprint density at radius 2 is 2.33 bits per heavy atom. The van der Waals surface area contributed by atoms with Crippen molar-refractivity contribution in [3.63, 3.8) is 0 Å². The van der Waals surface area contributed by atoms with E-state index in [0.717, 1.165) is 16.8 Å². The second kappa shape index (κ2) is 5.01. The molecule has 2 aromatic rings. The molecule has 1 atom stereocenters. The van der Waals surface area contributed by atoms with E-state index in [4.69, 9.17) is 10.1 Å². The Labute approximate surface area is 121 Å². The number of nitrogens with one attached hydrogen (secondary N) is 2. The molecule has 108 valence electrons. The van der Waals surface area contributed by atoms with Crippen molar-refractivity contribution in [3.8, 4) is 5.88 Å². The summed E-state index contributed by atoms with van der Waals surface area (Å²) in [6.07, 6.45) is 1.59. The van der Waals surface area contributed by atoms with Crippen LogP contribution >= 0.6 is 0 Å². The van der Waals surface area contributed by atoms with Crippen LogP contribution in [-0.2, 0) is 4.79 Å². The molecule has 0 spiro atoms. The van der Waals surface area contributed by atoms with Gasteiger partial charge in [0.2, 0.25) is 11.8 Å². The van der Waals surface area contributed by atoms with E-state index in [-0.39, 0.29) is 11.8 Å². The number of hydrogen-bond acceptors (Lipinski definition) is 5. The van der Waals surface area contributed by atoms with Crippen molar-refractivity contribution < 1.29 is 9.53 Å². The molecule has 0 bridgehead atoms. The number of nitrogens with zero attached hydrogens (tertiary/aromatic N) is 3. The van der Waals surface area contributed by atoms with Crippen LogP contribution in [0.2, 0.25) is 0 Å². The Kier molecular flexibility index (Phi) is 3.17. The molecule has 0 saturated carbocycles. The zero-order valence-electron chi connectivity index (χ0n) is 11.8.